The van der Waals surface area contributed by atoms with E-state index in [4.69, 9.17) is 4.74 Å². The number of aliphatic hydroxyl groups is 1. The molecule has 30 heavy (non-hydrogen) atoms. The van der Waals surface area contributed by atoms with Crippen molar-refractivity contribution < 1.29 is 19.4 Å². The van der Waals surface area contributed by atoms with Crippen LogP contribution in [0.2, 0.25) is 0 Å². The summed E-state index contributed by atoms with van der Waals surface area (Å²) in [4.78, 5) is 27.6. The van der Waals surface area contributed by atoms with Crippen LogP contribution in [0.1, 0.15) is 54.5 Å². The maximum absolute atomic E-state index is 13.0. The third-order valence-corrected chi connectivity index (χ3v) is 5.96. The van der Waals surface area contributed by atoms with Crippen LogP contribution < -0.4 is 4.74 Å². The van der Waals surface area contributed by atoms with Gasteiger partial charge in [0.2, 0.25) is 0 Å². The number of ketones is 1. The zero-order chi connectivity index (χ0) is 21.3. The molecule has 156 valence electrons. The number of benzene rings is 2. The molecule has 2 heterocycles. The summed E-state index contributed by atoms with van der Waals surface area (Å²) in [5, 5.41) is 11.2. The Labute approximate surface area is 177 Å². The number of hydrogen-bond acceptors (Lipinski definition) is 4. The molecule has 1 saturated heterocycles. The van der Waals surface area contributed by atoms with Gasteiger partial charge in [0.1, 0.15) is 11.5 Å². The van der Waals surface area contributed by atoms with Gasteiger partial charge in [-0.1, -0.05) is 37.6 Å². The molecule has 1 atom stereocenters. The molecule has 0 aromatic heterocycles. The second kappa shape index (κ2) is 8.34. The molecule has 0 aliphatic carbocycles. The van der Waals surface area contributed by atoms with E-state index in [0.29, 0.717) is 18.7 Å². The molecular weight excluding hydrogens is 378 g/mol. The fourth-order valence-corrected chi connectivity index (χ4v) is 4.32. The van der Waals surface area contributed by atoms with Gasteiger partial charge in [0.15, 0.2) is 0 Å². The highest BCUT2D eigenvalue weighted by Crippen LogP contribution is 2.41. The molecule has 1 fully saturated rings. The molecule has 2 aromatic rings. The molecule has 2 aliphatic rings. The number of nitrogens with zero attached hydrogens (tertiary/aromatic N) is 1. The van der Waals surface area contributed by atoms with Crippen molar-refractivity contribution in [2.24, 2.45) is 0 Å². The number of rotatable bonds is 5. The lowest BCUT2D eigenvalue weighted by Gasteiger charge is -2.26. The molecule has 1 amide bonds. The first-order valence-corrected chi connectivity index (χ1v) is 10.6. The van der Waals surface area contributed by atoms with Gasteiger partial charge < -0.3 is 14.7 Å². The fraction of sp³-hybridized carbons (Fsp3) is 0.360. The Kier molecular flexibility index (Phi) is 5.62. The predicted octanol–water partition coefficient (Wildman–Crippen LogP) is 4.54. The number of Topliss-reactive ketones (excluding diaryl/α,β-unsaturated/α-hetero) is 1. The molecule has 2 aliphatic heterocycles. The lowest BCUT2D eigenvalue weighted by atomic mass is 9.92. The van der Waals surface area contributed by atoms with Gasteiger partial charge >= 0.3 is 0 Å². The largest absolute Gasteiger partial charge is 0.507 e. The maximum atomic E-state index is 13.0. The van der Waals surface area contributed by atoms with E-state index in [9.17, 15) is 14.7 Å². The Balaban J connectivity index is 1.85. The minimum atomic E-state index is -0.620. The first-order valence-electron chi connectivity index (χ1n) is 10.6. The zero-order valence-electron chi connectivity index (χ0n) is 17.5. The predicted molar refractivity (Wildman–Crippen MR) is 115 cm³/mol. The van der Waals surface area contributed by atoms with Gasteiger partial charge in [-0.25, -0.2) is 0 Å². The summed E-state index contributed by atoms with van der Waals surface area (Å²) >= 11 is 0. The normalized spacial score (nSPS) is 20.2. The standard InChI is InChI=1S/C25H27NO4/c1-3-4-13-26-22(19-10-6-5-8-16(19)2)21(24(28)25(26)29)23(27)18-11-12-20-17(15-18)9-7-14-30-20/h5-6,8,10-12,15,22,27H,3-4,7,9,13-14H2,1-2H3/b23-21+. The fourth-order valence-electron chi connectivity index (χ4n) is 4.32. The average molecular weight is 405 g/mol. The van der Waals surface area contributed by atoms with Gasteiger partial charge in [0.05, 0.1) is 18.2 Å². The number of unbranched alkanes of at least 4 members (excludes halogenated alkanes) is 1. The van der Waals surface area contributed by atoms with E-state index in [0.717, 1.165) is 48.1 Å². The number of fused-ring (bicyclic) bond motifs is 1. The van der Waals surface area contributed by atoms with Gasteiger partial charge in [0, 0.05) is 12.1 Å². The Bertz CT molecular complexity index is 1020. The third-order valence-electron chi connectivity index (χ3n) is 5.96. The molecule has 1 N–H and O–H groups in total. The van der Waals surface area contributed by atoms with E-state index in [-0.39, 0.29) is 11.3 Å². The molecule has 0 bridgehead atoms. The first kappa shape index (κ1) is 20.2. The number of likely N-dealkylation sites (tertiary alicyclic amines) is 1. The molecular formula is C25H27NO4. The van der Waals surface area contributed by atoms with Crippen molar-refractivity contribution in [3.63, 3.8) is 0 Å². The van der Waals surface area contributed by atoms with Crippen molar-refractivity contribution in [3.8, 4) is 5.75 Å². The molecule has 0 spiro atoms. The Morgan fingerprint density at radius 3 is 2.77 bits per heavy atom. The molecule has 2 aromatic carbocycles. The van der Waals surface area contributed by atoms with Crippen LogP contribution in [0.5, 0.6) is 5.75 Å². The van der Waals surface area contributed by atoms with Crippen LogP contribution in [-0.2, 0) is 16.0 Å². The smallest absolute Gasteiger partial charge is 0.295 e. The summed E-state index contributed by atoms with van der Waals surface area (Å²) in [6.07, 6.45) is 3.49. The second-order valence-electron chi connectivity index (χ2n) is 7.98. The van der Waals surface area contributed by atoms with Crippen molar-refractivity contribution in [3.05, 3.63) is 70.3 Å². The number of carbonyl (C=O) groups is 2. The van der Waals surface area contributed by atoms with E-state index >= 15 is 0 Å². The topological polar surface area (TPSA) is 66.8 Å². The first-order chi connectivity index (χ1) is 14.5. The number of aryl methyl sites for hydroxylation is 2. The summed E-state index contributed by atoms with van der Waals surface area (Å²) in [5.74, 6) is -0.462. The van der Waals surface area contributed by atoms with Gasteiger partial charge in [-0.15, -0.1) is 0 Å². The zero-order valence-corrected chi connectivity index (χ0v) is 17.5. The number of ether oxygens (including phenoxy) is 1. The van der Waals surface area contributed by atoms with Crippen molar-refractivity contribution in [2.75, 3.05) is 13.2 Å². The second-order valence-corrected chi connectivity index (χ2v) is 7.98. The van der Waals surface area contributed by atoms with E-state index in [2.05, 4.69) is 6.92 Å². The Hall–Kier alpha value is -3.08. The monoisotopic (exact) mass is 405 g/mol. The van der Waals surface area contributed by atoms with Crippen LogP contribution in [0, 0.1) is 6.92 Å². The quantitative estimate of drug-likeness (QED) is 0.450. The van der Waals surface area contributed by atoms with Crippen LogP contribution in [0.3, 0.4) is 0 Å². The molecule has 5 heteroatoms. The maximum Gasteiger partial charge on any atom is 0.295 e. The van der Waals surface area contributed by atoms with Gasteiger partial charge in [-0.3, -0.25) is 9.59 Å². The third kappa shape index (κ3) is 3.49. The SMILES string of the molecule is CCCCN1C(=O)C(=O)/C(=C(/O)c2ccc3c(c2)CCCO3)C1c1ccccc1C. The van der Waals surface area contributed by atoms with E-state index in [1.54, 1.807) is 11.0 Å². The lowest BCUT2D eigenvalue weighted by Crippen LogP contribution is -2.30. The highest BCUT2D eigenvalue weighted by atomic mass is 16.5. The van der Waals surface area contributed by atoms with Gasteiger partial charge in [-0.05, 0) is 61.1 Å². The van der Waals surface area contributed by atoms with E-state index in [1.165, 1.54) is 0 Å². The van der Waals surface area contributed by atoms with Crippen molar-refractivity contribution in [1.82, 2.24) is 4.90 Å². The Morgan fingerprint density at radius 1 is 1.20 bits per heavy atom. The van der Waals surface area contributed by atoms with Crippen LogP contribution in [0.4, 0.5) is 0 Å². The molecule has 1 unspecified atom stereocenters. The van der Waals surface area contributed by atoms with Crippen LogP contribution in [0.25, 0.3) is 5.76 Å². The summed E-state index contributed by atoms with van der Waals surface area (Å²) in [6.45, 7) is 5.18. The minimum absolute atomic E-state index is 0.117. The number of carbonyl (C=O) groups excluding carboxylic acids is 2. The summed E-state index contributed by atoms with van der Waals surface area (Å²) in [6, 6.07) is 12.6. The van der Waals surface area contributed by atoms with Crippen molar-refractivity contribution in [2.45, 2.75) is 45.6 Å². The summed E-state index contributed by atoms with van der Waals surface area (Å²) < 4.78 is 5.66. The molecule has 5 nitrogen and oxygen atoms in total. The number of hydrogen-bond donors (Lipinski definition) is 1. The highest BCUT2D eigenvalue weighted by molar-refractivity contribution is 6.46. The van der Waals surface area contributed by atoms with E-state index < -0.39 is 17.7 Å². The van der Waals surface area contributed by atoms with Crippen LogP contribution in [-0.4, -0.2) is 34.8 Å². The minimum Gasteiger partial charge on any atom is -0.507 e. The Morgan fingerprint density at radius 2 is 2.00 bits per heavy atom. The summed E-state index contributed by atoms with van der Waals surface area (Å²) in [7, 11) is 0. The lowest BCUT2D eigenvalue weighted by molar-refractivity contribution is -0.139. The molecule has 0 saturated carbocycles. The number of amides is 1. The average Bonchev–Trinajstić information content (AvgIpc) is 3.01. The molecule has 0 radical (unpaired) electrons. The van der Waals surface area contributed by atoms with E-state index in [1.807, 2.05) is 43.3 Å². The van der Waals surface area contributed by atoms with Gasteiger partial charge in [-0.2, -0.15) is 0 Å². The summed E-state index contributed by atoms with van der Waals surface area (Å²) in [5.41, 5.74) is 3.58. The molecule has 4 rings (SSSR count). The van der Waals surface area contributed by atoms with Crippen LogP contribution >= 0.6 is 0 Å². The van der Waals surface area contributed by atoms with Crippen molar-refractivity contribution in [1.29, 1.82) is 0 Å². The van der Waals surface area contributed by atoms with Gasteiger partial charge in [0.25, 0.3) is 11.7 Å². The van der Waals surface area contributed by atoms with Crippen molar-refractivity contribution >= 4 is 17.4 Å². The van der Waals surface area contributed by atoms with Crippen LogP contribution in [0.15, 0.2) is 48.0 Å². The highest BCUT2D eigenvalue weighted by Gasteiger charge is 2.46. The number of aliphatic hydroxyl groups excluding tert-OH is 1.